The summed E-state index contributed by atoms with van der Waals surface area (Å²) in [7, 11) is 0. The van der Waals surface area contributed by atoms with Gasteiger partial charge in [-0.2, -0.15) is 11.3 Å². The van der Waals surface area contributed by atoms with Gasteiger partial charge < -0.3 is 4.57 Å². The third kappa shape index (κ3) is 8.99. The van der Waals surface area contributed by atoms with E-state index in [1.165, 1.54) is 95.4 Å². The minimum Gasteiger partial charge on any atom is 0 e. The molecule has 0 saturated carbocycles. The van der Waals surface area contributed by atoms with Crippen molar-refractivity contribution in [3.63, 3.8) is 0 Å². The Morgan fingerprint density at radius 1 is 0.791 bits per heavy atom. The van der Waals surface area contributed by atoms with E-state index in [4.69, 9.17) is 6.35 Å². The van der Waals surface area contributed by atoms with Crippen LogP contribution in [0.3, 0.4) is 0 Å². The fraction of sp³-hybridized carbons (Fsp3) is 0.233. The molecule has 339 valence electrons. The average Bonchev–Trinajstić information content (AvgIpc) is 3.91. The summed E-state index contributed by atoms with van der Waals surface area (Å²) in [5.74, 6) is 6.87. The SMILES string of the molecule is CC(C)(C)c1ccc(-n2c(-c3[c-]ccc4c3sc3c5c(ccc34)CCCC5)nc3c4ccccc4ccc32)c(-c2ccccc2)c1.[2H]C(C)(C)c1cc(-c2[c-]cc(F)cc2)nc[c]1[Ge]([CH3])([CH3])[CH3].[Ir]. The first kappa shape index (κ1) is 45.5. The van der Waals surface area contributed by atoms with Crippen LogP contribution in [0.1, 0.15) is 77.0 Å². The number of fused-ring (bicyclic) bond motifs is 8. The summed E-state index contributed by atoms with van der Waals surface area (Å²) in [5, 5.41) is 5.04. The largest absolute Gasteiger partial charge is 0 e. The van der Waals surface area contributed by atoms with Gasteiger partial charge in [-0.05, 0) is 87.0 Å². The zero-order chi connectivity index (χ0) is 46.8. The smallest absolute Gasteiger partial charge is 0 e. The molecule has 3 aromatic heterocycles. The molecule has 7 aromatic carbocycles. The first-order chi connectivity index (χ1) is 32.0. The number of aryl methyl sites for hydroxylation is 2. The zero-order valence-electron chi connectivity index (χ0n) is 40.6. The number of rotatable bonds is 6. The van der Waals surface area contributed by atoms with E-state index >= 15 is 0 Å². The maximum absolute atomic E-state index is 13.0. The maximum Gasteiger partial charge on any atom is 0 e. The molecule has 1 radical (unpaired) electrons. The summed E-state index contributed by atoms with van der Waals surface area (Å²) < 4.78 is 27.8. The third-order valence-electron chi connectivity index (χ3n) is 13.2. The molecule has 0 N–H and O–H groups in total. The number of hydrogen-bond acceptors (Lipinski definition) is 3. The van der Waals surface area contributed by atoms with E-state index in [0.29, 0.717) is 0 Å². The molecule has 0 unspecified atom stereocenters. The summed E-state index contributed by atoms with van der Waals surface area (Å²) in [6.07, 6.45) is 6.84. The van der Waals surface area contributed by atoms with E-state index in [-0.39, 0.29) is 31.3 Å². The number of halogens is 1. The summed E-state index contributed by atoms with van der Waals surface area (Å²) in [6.45, 7) is 10.7. The second-order valence-electron chi connectivity index (χ2n) is 20.0. The van der Waals surface area contributed by atoms with Gasteiger partial charge in [0.1, 0.15) is 0 Å². The Hall–Kier alpha value is -5.24. The van der Waals surface area contributed by atoms with Crippen LogP contribution in [0.15, 0.2) is 140 Å². The standard InChI is InChI=1S/C43H35N2S.C17H21FGeN.Ir/c1-43(2,3)30-22-25-37(36(26-30)27-12-5-4-6-13-27)45-38-24-21-28-14-7-9-16-31(28)39(38)44-42(45)35-19-11-18-33-34-23-20-29-15-8-10-17-32(29)40(34)46-41(33)35;1-12(2)15-10-17(13-6-8-14(18)9-7-13)20-11-16(15)19(3,4)5;/h4-7,9,11-14,16,18,20-26H,8,10,15,17H2,1-3H3;6,8-12H,1-5H3;/q2*-1;/i;12D;. The fourth-order valence-electron chi connectivity index (χ4n) is 9.64. The molecule has 10 aromatic rings. The van der Waals surface area contributed by atoms with Crippen molar-refractivity contribution in [3.05, 3.63) is 180 Å². The molecule has 11 rings (SSSR count). The summed E-state index contributed by atoms with van der Waals surface area (Å²) in [6, 6.07) is 53.0. The van der Waals surface area contributed by atoms with Crippen molar-refractivity contribution >= 4 is 71.0 Å². The van der Waals surface area contributed by atoms with Gasteiger partial charge >= 0.3 is 125 Å². The number of imidazole rings is 1. The van der Waals surface area contributed by atoms with Crippen LogP contribution >= 0.6 is 11.3 Å². The van der Waals surface area contributed by atoms with E-state index in [0.717, 1.165) is 44.9 Å². The molecule has 7 heteroatoms. The molecule has 0 fully saturated rings. The second-order valence-corrected chi connectivity index (χ2v) is 31.6. The number of hydrogen-bond donors (Lipinski definition) is 0. The van der Waals surface area contributed by atoms with Crippen LogP contribution in [0.25, 0.3) is 81.4 Å². The Bertz CT molecular complexity index is 3490. The van der Waals surface area contributed by atoms with Crippen LogP contribution in [-0.2, 0) is 38.4 Å². The van der Waals surface area contributed by atoms with Crippen molar-refractivity contribution in [2.75, 3.05) is 0 Å². The molecular weight excluding hydrogens is 1080 g/mol. The molecule has 1 aliphatic carbocycles. The predicted molar refractivity (Wildman–Crippen MR) is 282 cm³/mol. The topological polar surface area (TPSA) is 30.7 Å². The molecule has 0 aliphatic heterocycles. The molecule has 0 spiro atoms. The maximum atomic E-state index is 13.0. The average molecular weight is 1140 g/mol. The van der Waals surface area contributed by atoms with Gasteiger partial charge in [0, 0.05) is 41.4 Å². The first-order valence-corrected chi connectivity index (χ1v) is 31.4. The molecule has 0 amide bonds. The number of nitrogens with zero attached hydrogens (tertiary/aromatic N) is 3. The molecule has 0 atom stereocenters. The van der Waals surface area contributed by atoms with Crippen LogP contribution < -0.4 is 4.40 Å². The molecule has 3 nitrogen and oxygen atoms in total. The van der Waals surface area contributed by atoms with Crippen LogP contribution in [0.4, 0.5) is 4.39 Å². The predicted octanol–water partition coefficient (Wildman–Crippen LogP) is 16.2. The van der Waals surface area contributed by atoms with Crippen LogP contribution in [0.5, 0.6) is 0 Å². The Morgan fingerprint density at radius 2 is 1.55 bits per heavy atom. The normalized spacial score (nSPS) is 13.3. The number of thiophene rings is 1. The van der Waals surface area contributed by atoms with E-state index in [9.17, 15) is 4.39 Å². The third-order valence-corrected chi connectivity index (χ3v) is 18.7. The van der Waals surface area contributed by atoms with Crippen molar-refractivity contribution < 1.29 is 25.9 Å². The van der Waals surface area contributed by atoms with Gasteiger partial charge in [-0.1, -0.05) is 111 Å². The minimum atomic E-state index is -2.10. The Labute approximate surface area is 416 Å². The van der Waals surface area contributed by atoms with Gasteiger partial charge in [0.25, 0.3) is 0 Å². The zero-order valence-corrected chi connectivity index (χ0v) is 44.9. The molecular formula is C60H56FGeIrN3S-2. The van der Waals surface area contributed by atoms with Crippen molar-refractivity contribution in [3.8, 4) is 39.5 Å². The van der Waals surface area contributed by atoms with Gasteiger partial charge in [0.05, 0.1) is 16.9 Å². The Balaban J connectivity index is 0.000000222. The van der Waals surface area contributed by atoms with Crippen molar-refractivity contribution in [2.24, 2.45) is 0 Å². The molecule has 0 bridgehead atoms. The van der Waals surface area contributed by atoms with Gasteiger partial charge in [0.2, 0.25) is 0 Å². The number of aromatic nitrogens is 3. The van der Waals surface area contributed by atoms with Crippen molar-refractivity contribution in [1.29, 1.82) is 0 Å². The summed E-state index contributed by atoms with van der Waals surface area (Å²) >= 11 is -0.160. The summed E-state index contributed by atoms with van der Waals surface area (Å²) in [4.78, 5) is 10.1. The van der Waals surface area contributed by atoms with Crippen molar-refractivity contribution in [2.45, 2.75) is 88.9 Å². The quantitative estimate of drug-likeness (QED) is 0.123. The van der Waals surface area contributed by atoms with E-state index in [2.05, 4.69) is 169 Å². The van der Waals surface area contributed by atoms with Crippen LogP contribution in [0, 0.1) is 17.9 Å². The van der Waals surface area contributed by atoms with Gasteiger partial charge in [-0.15, -0.1) is 18.2 Å². The monoisotopic (exact) mass is 1140 g/mol. The minimum absolute atomic E-state index is 0. The van der Waals surface area contributed by atoms with Crippen LogP contribution in [0.2, 0.25) is 17.3 Å². The molecule has 1 aliphatic rings. The van der Waals surface area contributed by atoms with Crippen molar-refractivity contribution in [1.82, 2.24) is 14.5 Å². The molecule has 67 heavy (non-hydrogen) atoms. The van der Waals surface area contributed by atoms with Crippen LogP contribution in [-0.4, -0.2) is 27.8 Å². The van der Waals surface area contributed by atoms with Gasteiger partial charge in [-0.25, -0.2) is 0 Å². The number of pyridine rings is 1. The number of benzene rings is 7. The van der Waals surface area contributed by atoms with E-state index in [1.54, 1.807) is 11.6 Å². The Kier molecular flexibility index (Phi) is 12.7. The fourth-order valence-corrected chi connectivity index (χ4v) is 14.3. The van der Waals surface area contributed by atoms with Gasteiger partial charge in [-0.3, -0.25) is 4.98 Å². The van der Waals surface area contributed by atoms with E-state index < -0.39 is 19.2 Å². The van der Waals surface area contributed by atoms with Gasteiger partial charge in [0.15, 0.2) is 0 Å². The summed E-state index contributed by atoms with van der Waals surface area (Å²) in [5.41, 5.74) is 13.7. The first-order valence-electron chi connectivity index (χ1n) is 23.7. The molecule has 3 heterocycles. The molecule has 0 saturated heterocycles. The van der Waals surface area contributed by atoms with E-state index in [1.807, 2.05) is 37.4 Å². The Morgan fingerprint density at radius 3 is 2.30 bits per heavy atom. The second kappa shape index (κ2) is 18.7.